The summed E-state index contributed by atoms with van der Waals surface area (Å²) in [6, 6.07) is 11.4. The van der Waals surface area contributed by atoms with Gasteiger partial charge >= 0.3 is 0 Å². The molecule has 0 saturated carbocycles. The van der Waals surface area contributed by atoms with Crippen LogP contribution in [-0.2, 0) is 0 Å². The highest BCUT2D eigenvalue weighted by Gasteiger charge is 2.16. The average molecular weight is 350 g/mol. The number of hydrogen-bond donors (Lipinski definition) is 1. The smallest absolute Gasteiger partial charge is 0.258 e. The Labute approximate surface area is 150 Å². The molecule has 2 aromatic carbocycles. The van der Waals surface area contributed by atoms with Crippen molar-refractivity contribution in [3.8, 4) is 34.3 Å². The molecule has 0 radical (unpaired) electrons. The first-order valence-corrected chi connectivity index (χ1v) is 8.46. The minimum Gasteiger partial charge on any atom is -0.490 e. The monoisotopic (exact) mass is 350 g/mol. The normalized spacial score (nSPS) is 11.0. The third kappa shape index (κ3) is 2.88. The van der Waals surface area contributed by atoms with E-state index in [0.29, 0.717) is 36.4 Å². The minimum absolute atomic E-state index is 0.413. The van der Waals surface area contributed by atoms with Crippen LogP contribution in [0.4, 0.5) is 0 Å². The number of benzene rings is 2. The van der Waals surface area contributed by atoms with E-state index in [-0.39, 0.29) is 0 Å². The van der Waals surface area contributed by atoms with Gasteiger partial charge in [0.25, 0.3) is 5.89 Å². The number of aromatic nitrogens is 4. The van der Waals surface area contributed by atoms with E-state index in [4.69, 9.17) is 14.0 Å². The Morgan fingerprint density at radius 1 is 1.04 bits per heavy atom. The lowest BCUT2D eigenvalue weighted by molar-refractivity contribution is 0.288. The van der Waals surface area contributed by atoms with Crippen LogP contribution in [0.1, 0.15) is 13.8 Å². The summed E-state index contributed by atoms with van der Waals surface area (Å²) in [5, 5.41) is 4.11. The summed E-state index contributed by atoms with van der Waals surface area (Å²) in [5.74, 6) is 2.25. The standard InChI is InChI=1S/C19H18N4O3/c1-3-24-15-9-8-12(10-16(15)25-4-2)19-22-18(23-26-19)13-6-5-7-14-17(13)21-11-20-14/h5-11H,3-4H2,1-2H3,(H,20,21). The molecule has 2 aromatic heterocycles. The highest BCUT2D eigenvalue weighted by molar-refractivity contribution is 5.89. The Kier molecular flexibility index (Phi) is 4.27. The van der Waals surface area contributed by atoms with E-state index in [2.05, 4.69) is 20.1 Å². The molecular weight excluding hydrogens is 332 g/mol. The Hall–Kier alpha value is -3.35. The number of ether oxygens (including phenoxy) is 2. The van der Waals surface area contributed by atoms with Crippen LogP contribution in [0.15, 0.2) is 47.2 Å². The van der Waals surface area contributed by atoms with Gasteiger partial charge in [-0.2, -0.15) is 4.98 Å². The predicted molar refractivity (Wildman–Crippen MR) is 97.2 cm³/mol. The van der Waals surface area contributed by atoms with E-state index in [1.165, 1.54) is 0 Å². The zero-order valence-corrected chi connectivity index (χ0v) is 14.5. The summed E-state index contributed by atoms with van der Waals surface area (Å²) in [6.07, 6.45) is 1.65. The lowest BCUT2D eigenvalue weighted by Crippen LogP contribution is -1.98. The van der Waals surface area contributed by atoms with E-state index in [0.717, 1.165) is 22.2 Å². The Balaban J connectivity index is 1.72. The molecule has 0 unspecified atom stereocenters. The average Bonchev–Trinajstić information content (AvgIpc) is 3.33. The fourth-order valence-corrected chi connectivity index (χ4v) is 2.78. The van der Waals surface area contributed by atoms with Gasteiger partial charge in [-0.1, -0.05) is 11.2 Å². The van der Waals surface area contributed by atoms with E-state index < -0.39 is 0 Å². The van der Waals surface area contributed by atoms with Crippen LogP contribution in [0, 0.1) is 0 Å². The van der Waals surface area contributed by atoms with Gasteiger partial charge < -0.3 is 19.0 Å². The van der Waals surface area contributed by atoms with Crippen LogP contribution in [0.25, 0.3) is 33.9 Å². The first-order chi connectivity index (χ1) is 12.8. The number of imidazole rings is 1. The maximum absolute atomic E-state index is 5.66. The van der Waals surface area contributed by atoms with Crippen LogP contribution in [0.5, 0.6) is 11.5 Å². The number of hydrogen-bond acceptors (Lipinski definition) is 6. The third-order valence-electron chi connectivity index (χ3n) is 3.91. The van der Waals surface area contributed by atoms with Crippen molar-refractivity contribution in [1.29, 1.82) is 0 Å². The molecule has 0 aliphatic rings. The molecule has 7 heteroatoms. The zero-order valence-electron chi connectivity index (χ0n) is 14.5. The number of nitrogens with zero attached hydrogens (tertiary/aromatic N) is 3. The van der Waals surface area contributed by atoms with Gasteiger partial charge in [0, 0.05) is 5.56 Å². The molecular formula is C19H18N4O3. The molecule has 4 aromatic rings. The molecule has 0 bridgehead atoms. The minimum atomic E-state index is 0.413. The Morgan fingerprint density at radius 2 is 1.88 bits per heavy atom. The molecule has 0 saturated heterocycles. The summed E-state index contributed by atoms with van der Waals surface area (Å²) in [4.78, 5) is 11.9. The van der Waals surface area contributed by atoms with E-state index in [1.807, 2.05) is 50.2 Å². The van der Waals surface area contributed by atoms with Crippen molar-refractivity contribution >= 4 is 11.0 Å². The first kappa shape index (κ1) is 16.1. The number of rotatable bonds is 6. The molecule has 0 spiro atoms. The SMILES string of the molecule is CCOc1ccc(-c2nc(-c3cccc4[nH]cnc34)no2)cc1OCC. The molecule has 132 valence electrons. The molecule has 0 amide bonds. The van der Waals surface area contributed by atoms with Gasteiger partial charge in [0.2, 0.25) is 5.82 Å². The van der Waals surface area contributed by atoms with Crippen LogP contribution >= 0.6 is 0 Å². The van der Waals surface area contributed by atoms with Crippen LogP contribution in [0.2, 0.25) is 0 Å². The second-order valence-electron chi connectivity index (χ2n) is 5.55. The Morgan fingerprint density at radius 3 is 2.73 bits per heavy atom. The van der Waals surface area contributed by atoms with Crippen molar-refractivity contribution in [2.24, 2.45) is 0 Å². The molecule has 0 aliphatic carbocycles. The van der Waals surface area contributed by atoms with Gasteiger partial charge in [-0.3, -0.25) is 0 Å². The molecule has 2 heterocycles. The predicted octanol–water partition coefficient (Wildman–Crippen LogP) is 4.08. The largest absolute Gasteiger partial charge is 0.490 e. The number of nitrogens with one attached hydrogen (secondary N) is 1. The van der Waals surface area contributed by atoms with E-state index >= 15 is 0 Å². The quantitative estimate of drug-likeness (QED) is 0.564. The topological polar surface area (TPSA) is 86.1 Å². The van der Waals surface area contributed by atoms with E-state index in [1.54, 1.807) is 6.33 Å². The van der Waals surface area contributed by atoms with Gasteiger partial charge in [0.15, 0.2) is 11.5 Å². The van der Waals surface area contributed by atoms with Gasteiger partial charge in [-0.05, 0) is 44.2 Å². The highest BCUT2D eigenvalue weighted by atomic mass is 16.5. The summed E-state index contributed by atoms with van der Waals surface area (Å²) in [7, 11) is 0. The molecule has 0 atom stereocenters. The summed E-state index contributed by atoms with van der Waals surface area (Å²) in [6.45, 7) is 4.97. The zero-order chi connectivity index (χ0) is 17.9. The second kappa shape index (κ2) is 6.87. The summed E-state index contributed by atoms with van der Waals surface area (Å²) in [5.41, 5.74) is 3.31. The van der Waals surface area contributed by atoms with Crippen LogP contribution in [-0.4, -0.2) is 33.3 Å². The fourth-order valence-electron chi connectivity index (χ4n) is 2.78. The van der Waals surface area contributed by atoms with Gasteiger partial charge in [0.1, 0.15) is 0 Å². The van der Waals surface area contributed by atoms with Crippen molar-refractivity contribution < 1.29 is 14.0 Å². The van der Waals surface area contributed by atoms with Crippen molar-refractivity contribution in [3.05, 3.63) is 42.7 Å². The molecule has 0 aliphatic heterocycles. The lowest BCUT2D eigenvalue weighted by atomic mass is 10.1. The Bertz CT molecular complexity index is 1040. The van der Waals surface area contributed by atoms with E-state index in [9.17, 15) is 0 Å². The van der Waals surface area contributed by atoms with Crippen LogP contribution < -0.4 is 9.47 Å². The first-order valence-electron chi connectivity index (χ1n) is 8.46. The maximum Gasteiger partial charge on any atom is 0.258 e. The van der Waals surface area contributed by atoms with Crippen molar-refractivity contribution in [3.63, 3.8) is 0 Å². The molecule has 26 heavy (non-hydrogen) atoms. The number of aromatic amines is 1. The van der Waals surface area contributed by atoms with Crippen LogP contribution in [0.3, 0.4) is 0 Å². The highest BCUT2D eigenvalue weighted by Crippen LogP contribution is 2.33. The summed E-state index contributed by atoms with van der Waals surface area (Å²) >= 11 is 0. The number of para-hydroxylation sites is 1. The second-order valence-corrected chi connectivity index (χ2v) is 5.55. The molecule has 0 fully saturated rings. The lowest BCUT2D eigenvalue weighted by Gasteiger charge is -2.11. The van der Waals surface area contributed by atoms with Crippen molar-refractivity contribution in [2.45, 2.75) is 13.8 Å². The maximum atomic E-state index is 5.66. The summed E-state index contributed by atoms with van der Waals surface area (Å²) < 4.78 is 16.7. The van der Waals surface area contributed by atoms with Gasteiger partial charge in [0.05, 0.1) is 36.1 Å². The number of H-pyrrole nitrogens is 1. The number of fused-ring (bicyclic) bond motifs is 1. The van der Waals surface area contributed by atoms with Gasteiger partial charge in [-0.15, -0.1) is 0 Å². The third-order valence-corrected chi connectivity index (χ3v) is 3.91. The molecule has 7 nitrogen and oxygen atoms in total. The van der Waals surface area contributed by atoms with Crippen molar-refractivity contribution in [1.82, 2.24) is 20.1 Å². The molecule has 1 N–H and O–H groups in total. The van der Waals surface area contributed by atoms with Gasteiger partial charge in [-0.25, -0.2) is 4.98 Å². The van der Waals surface area contributed by atoms with Crippen molar-refractivity contribution in [2.75, 3.05) is 13.2 Å². The molecule has 4 rings (SSSR count). The fraction of sp³-hybridized carbons (Fsp3) is 0.211.